The molecule has 0 spiro atoms. The SMILES string of the molecule is Cc1ccc2nc(C)c(C(=O)N3CCO[C@H]4CCC[C@@H]43)cc2c1. The zero-order valence-electron chi connectivity index (χ0n) is 13.7. The summed E-state index contributed by atoms with van der Waals surface area (Å²) in [6, 6.07) is 8.42. The van der Waals surface area contributed by atoms with Crippen molar-refractivity contribution in [2.24, 2.45) is 0 Å². The largest absolute Gasteiger partial charge is 0.374 e. The van der Waals surface area contributed by atoms with E-state index in [0.717, 1.165) is 41.4 Å². The zero-order chi connectivity index (χ0) is 16.0. The van der Waals surface area contributed by atoms with E-state index >= 15 is 0 Å². The van der Waals surface area contributed by atoms with Gasteiger partial charge in [0.25, 0.3) is 5.91 Å². The van der Waals surface area contributed by atoms with Crippen LogP contribution >= 0.6 is 0 Å². The van der Waals surface area contributed by atoms with Crippen molar-refractivity contribution in [1.82, 2.24) is 9.88 Å². The number of aromatic nitrogens is 1. The molecule has 0 N–H and O–H groups in total. The van der Waals surface area contributed by atoms with Gasteiger partial charge in [0.15, 0.2) is 0 Å². The van der Waals surface area contributed by atoms with Crippen molar-refractivity contribution in [2.45, 2.75) is 45.3 Å². The molecule has 2 aromatic rings. The van der Waals surface area contributed by atoms with Gasteiger partial charge in [0, 0.05) is 11.9 Å². The van der Waals surface area contributed by atoms with Crippen molar-refractivity contribution >= 4 is 16.8 Å². The highest BCUT2D eigenvalue weighted by atomic mass is 16.5. The predicted octanol–water partition coefficient (Wildman–Crippen LogP) is 3.25. The third kappa shape index (κ3) is 2.51. The van der Waals surface area contributed by atoms with Crippen LogP contribution in [0.3, 0.4) is 0 Å². The average Bonchev–Trinajstić information content (AvgIpc) is 3.02. The lowest BCUT2D eigenvalue weighted by molar-refractivity contribution is -0.0445. The molecule has 1 saturated carbocycles. The van der Waals surface area contributed by atoms with Crippen LogP contribution in [0.4, 0.5) is 0 Å². The van der Waals surface area contributed by atoms with Crippen LogP contribution in [0.5, 0.6) is 0 Å². The van der Waals surface area contributed by atoms with Gasteiger partial charge in [0.05, 0.1) is 35.5 Å². The summed E-state index contributed by atoms with van der Waals surface area (Å²) in [5.41, 5.74) is 3.68. The van der Waals surface area contributed by atoms with Crippen LogP contribution in [-0.4, -0.2) is 41.1 Å². The molecule has 2 heterocycles. The number of nitrogens with zero attached hydrogens (tertiary/aromatic N) is 2. The smallest absolute Gasteiger partial charge is 0.256 e. The second-order valence-electron chi connectivity index (χ2n) is 6.72. The molecule has 0 radical (unpaired) electrons. The third-order valence-corrected chi connectivity index (χ3v) is 5.13. The molecule has 1 amide bonds. The standard InChI is InChI=1S/C19H22N2O2/c1-12-6-7-16-14(10-12)11-15(13(2)20-16)19(22)21-8-9-23-18-5-3-4-17(18)21/h6-7,10-11,17-18H,3-5,8-9H2,1-2H3/t17-,18-/m0/s1. The highest BCUT2D eigenvalue weighted by Gasteiger charge is 2.39. The topological polar surface area (TPSA) is 42.4 Å². The number of pyridine rings is 1. The van der Waals surface area contributed by atoms with Gasteiger partial charge in [-0.2, -0.15) is 0 Å². The molecule has 2 fully saturated rings. The van der Waals surface area contributed by atoms with Crippen molar-refractivity contribution in [1.29, 1.82) is 0 Å². The lowest BCUT2D eigenvalue weighted by atomic mass is 10.0. The number of amides is 1. The minimum atomic E-state index is 0.110. The fraction of sp³-hybridized carbons (Fsp3) is 0.474. The number of morpholine rings is 1. The predicted molar refractivity (Wildman–Crippen MR) is 89.6 cm³/mol. The van der Waals surface area contributed by atoms with Crippen LogP contribution in [0.25, 0.3) is 10.9 Å². The fourth-order valence-electron chi connectivity index (χ4n) is 3.94. The molecule has 1 aromatic carbocycles. The minimum Gasteiger partial charge on any atom is -0.374 e. The van der Waals surface area contributed by atoms with Crippen LogP contribution in [0.2, 0.25) is 0 Å². The minimum absolute atomic E-state index is 0.110. The Morgan fingerprint density at radius 2 is 2.13 bits per heavy atom. The van der Waals surface area contributed by atoms with Gasteiger partial charge in [0.2, 0.25) is 0 Å². The monoisotopic (exact) mass is 310 g/mol. The summed E-state index contributed by atoms with van der Waals surface area (Å²) in [6.07, 6.45) is 3.49. The first-order chi connectivity index (χ1) is 11.1. The van der Waals surface area contributed by atoms with Gasteiger partial charge < -0.3 is 9.64 Å². The summed E-state index contributed by atoms with van der Waals surface area (Å²) >= 11 is 0. The van der Waals surface area contributed by atoms with Crippen molar-refractivity contribution in [3.05, 3.63) is 41.1 Å². The van der Waals surface area contributed by atoms with E-state index < -0.39 is 0 Å². The molecular weight excluding hydrogens is 288 g/mol. The van der Waals surface area contributed by atoms with E-state index in [9.17, 15) is 4.79 Å². The second kappa shape index (κ2) is 5.60. The third-order valence-electron chi connectivity index (χ3n) is 5.13. The number of hydrogen-bond donors (Lipinski definition) is 0. The Morgan fingerprint density at radius 3 is 3.00 bits per heavy atom. The molecule has 1 aliphatic heterocycles. The first kappa shape index (κ1) is 14.6. The summed E-state index contributed by atoms with van der Waals surface area (Å²) in [5.74, 6) is 0.110. The van der Waals surface area contributed by atoms with E-state index in [-0.39, 0.29) is 18.1 Å². The maximum Gasteiger partial charge on any atom is 0.256 e. The normalized spacial score (nSPS) is 24.0. The van der Waals surface area contributed by atoms with Gasteiger partial charge in [-0.3, -0.25) is 9.78 Å². The molecule has 4 rings (SSSR count). The molecule has 120 valence electrons. The summed E-state index contributed by atoms with van der Waals surface area (Å²) < 4.78 is 5.82. The van der Waals surface area contributed by atoms with E-state index in [2.05, 4.69) is 24.0 Å². The first-order valence-electron chi connectivity index (χ1n) is 8.44. The molecule has 1 aliphatic carbocycles. The average molecular weight is 310 g/mol. The van der Waals surface area contributed by atoms with Gasteiger partial charge in [0.1, 0.15) is 0 Å². The molecule has 2 atom stereocenters. The Kier molecular flexibility index (Phi) is 3.57. The van der Waals surface area contributed by atoms with Gasteiger partial charge in [-0.05, 0) is 51.3 Å². The molecule has 0 bridgehead atoms. The summed E-state index contributed by atoms with van der Waals surface area (Å²) in [6.45, 7) is 5.32. The van der Waals surface area contributed by atoms with E-state index in [1.165, 1.54) is 5.56 Å². The maximum absolute atomic E-state index is 13.1. The Hall–Kier alpha value is -1.94. The number of carbonyl (C=O) groups excluding carboxylic acids is 1. The molecule has 0 unspecified atom stereocenters. The van der Waals surface area contributed by atoms with Crippen molar-refractivity contribution in [3.8, 4) is 0 Å². The lowest BCUT2D eigenvalue weighted by Gasteiger charge is -2.37. The van der Waals surface area contributed by atoms with Gasteiger partial charge >= 0.3 is 0 Å². The van der Waals surface area contributed by atoms with Crippen LogP contribution in [0.1, 0.15) is 40.9 Å². The Balaban J connectivity index is 1.72. The van der Waals surface area contributed by atoms with E-state index in [4.69, 9.17) is 4.74 Å². The maximum atomic E-state index is 13.1. The molecule has 1 saturated heterocycles. The number of carbonyl (C=O) groups is 1. The fourth-order valence-corrected chi connectivity index (χ4v) is 3.94. The number of aryl methyl sites for hydroxylation is 2. The second-order valence-corrected chi connectivity index (χ2v) is 6.72. The Labute approximate surface area is 136 Å². The van der Waals surface area contributed by atoms with Crippen LogP contribution in [0.15, 0.2) is 24.3 Å². The summed E-state index contributed by atoms with van der Waals surface area (Å²) in [4.78, 5) is 19.8. The Bertz CT molecular complexity index is 771. The number of fused-ring (bicyclic) bond motifs is 2. The molecule has 4 heteroatoms. The van der Waals surface area contributed by atoms with E-state index in [0.29, 0.717) is 13.2 Å². The lowest BCUT2D eigenvalue weighted by Crippen LogP contribution is -2.51. The Morgan fingerprint density at radius 1 is 1.26 bits per heavy atom. The molecular formula is C19H22N2O2. The molecule has 4 nitrogen and oxygen atoms in total. The van der Waals surface area contributed by atoms with Gasteiger partial charge in [-0.15, -0.1) is 0 Å². The highest BCUT2D eigenvalue weighted by molar-refractivity contribution is 5.99. The van der Waals surface area contributed by atoms with E-state index in [1.54, 1.807) is 0 Å². The summed E-state index contributed by atoms with van der Waals surface area (Å²) in [7, 11) is 0. The summed E-state index contributed by atoms with van der Waals surface area (Å²) in [5, 5.41) is 1.04. The van der Waals surface area contributed by atoms with Gasteiger partial charge in [-0.25, -0.2) is 0 Å². The van der Waals surface area contributed by atoms with Crippen LogP contribution in [0, 0.1) is 13.8 Å². The van der Waals surface area contributed by atoms with Gasteiger partial charge in [-0.1, -0.05) is 11.6 Å². The van der Waals surface area contributed by atoms with Crippen molar-refractivity contribution < 1.29 is 9.53 Å². The highest BCUT2D eigenvalue weighted by Crippen LogP contribution is 2.31. The van der Waals surface area contributed by atoms with Crippen molar-refractivity contribution in [2.75, 3.05) is 13.2 Å². The number of rotatable bonds is 1. The van der Waals surface area contributed by atoms with Crippen LogP contribution < -0.4 is 0 Å². The quantitative estimate of drug-likeness (QED) is 0.812. The first-order valence-corrected chi connectivity index (χ1v) is 8.44. The molecule has 1 aromatic heterocycles. The van der Waals surface area contributed by atoms with Crippen LogP contribution in [-0.2, 0) is 4.74 Å². The number of ether oxygens (including phenoxy) is 1. The molecule has 23 heavy (non-hydrogen) atoms. The van der Waals surface area contributed by atoms with E-state index in [1.807, 2.05) is 24.0 Å². The number of benzene rings is 1. The number of hydrogen-bond acceptors (Lipinski definition) is 3. The molecule has 2 aliphatic rings. The van der Waals surface area contributed by atoms with Crippen molar-refractivity contribution in [3.63, 3.8) is 0 Å². The zero-order valence-corrected chi connectivity index (χ0v) is 13.7.